The Kier molecular flexibility index (Phi) is 8.04. The van der Waals surface area contributed by atoms with Gasteiger partial charge in [-0.15, -0.1) is 0 Å². The first kappa shape index (κ1) is 28.6. The molecule has 0 saturated carbocycles. The van der Waals surface area contributed by atoms with Gasteiger partial charge in [0.25, 0.3) is 0 Å². The average Bonchev–Trinajstić information content (AvgIpc) is 2.16. The zero-order valence-electron chi connectivity index (χ0n) is 22.4. The molecule has 0 fully saturated rings. The molecule has 0 unspecified atom stereocenters. The second kappa shape index (κ2) is 7.60. The van der Waals surface area contributed by atoms with Gasteiger partial charge in [0, 0.05) is 0 Å². The second-order valence-electron chi connectivity index (χ2n) is 15.0. The fourth-order valence-electron chi connectivity index (χ4n) is 7.90. The summed E-state index contributed by atoms with van der Waals surface area (Å²) >= 11 is -6.62. The minimum absolute atomic E-state index is 0.231. The van der Waals surface area contributed by atoms with E-state index in [1.165, 1.54) is 0 Å². The molecule has 0 bridgehead atoms. The number of hydrogen-bond acceptors (Lipinski definition) is 1. The van der Waals surface area contributed by atoms with Crippen LogP contribution in [0.4, 0.5) is 0 Å². The van der Waals surface area contributed by atoms with Crippen LogP contribution in [-0.2, 0) is 1.41 Å². The molecule has 0 heterocycles. The third-order valence-electron chi connectivity index (χ3n) is 6.64. The van der Waals surface area contributed by atoms with Gasteiger partial charge in [0.2, 0.25) is 0 Å². The van der Waals surface area contributed by atoms with E-state index in [0.717, 1.165) is 0 Å². The van der Waals surface area contributed by atoms with Gasteiger partial charge in [0.15, 0.2) is 0 Å². The van der Waals surface area contributed by atoms with E-state index in [0.29, 0.717) is 0 Å². The molecular weight excluding hydrogens is 542 g/mol. The molecule has 0 atom stereocenters. The van der Waals surface area contributed by atoms with Crippen LogP contribution in [0.5, 0.6) is 0 Å². The summed E-state index contributed by atoms with van der Waals surface area (Å²) in [5.74, 6) is 0. The third-order valence-corrected chi connectivity index (χ3v) is 56.3. The van der Waals surface area contributed by atoms with Crippen LogP contribution in [0.25, 0.3) is 0 Å². The van der Waals surface area contributed by atoms with Gasteiger partial charge >= 0.3 is 184 Å². The maximum atomic E-state index is 8.23. The molecule has 0 aromatic heterocycles. The fraction of sp³-hybridized carbons (Fsp3) is 1.00. The molecule has 0 saturated heterocycles. The molecule has 0 aromatic rings. The van der Waals surface area contributed by atoms with E-state index in [1.807, 2.05) is 0 Å². The van der Waals surface area contributed by atoms with Crippen LogP contribution in [0.2, 0.25) is 20.6 Å². The average molecular weight is 596 g/mol. The van der Waals surface area contributed by atoms with E-state index in [4.69, 9.17) is 1.41 Å². The Hall–Kier alpha value is 1.56. The zero-order chi connectivity index (χ0) is 22.7. The molecule has 0 aromatic carbocycles. The van der Waals surface area contributed by atoms with Crippen LogP contribution in [0.3, 0.4) is 0 Å². The van der Waals surface area contributed by atoms with Crippen LogP contribution in [0.1, 0.15) is 125 Å². The number of hydrogen-bond donors (Lipinski definition) is 0. The standard InChI is InChI=1S/6C4H9.O.2Sn/c6*1-4(2)3;;;/h6*1-3H3;;;. The molecule has 0 aliphatic carbocycles. The van der Waals surface area contributed by atoms with Crippen molar-refractivity contribution in [1.29, 1.82) is 0 Å². The minimum atomic E-state index is -3.31. The Labute approximate surface area is 183 Å². The fourth-order valence-corrected chi connectivity index (χ4v) is 96.9. The Balaban J connectivity index is 7.45. The van der Waals surface area contributed by atoms with Gasteiger partial charge in [-0.2, -0.15) is 0 Å². The van der Waals surface area contributed by atoms with E-state index in [1.54, 1.807) is 0 Å². The summed E-state index contributed by atoms with van der Waals surface area (Å²) in [6.07, 6.45) is 0. The van der Waals surface area contributed by atoms with Crippen LogP contribution < -0.4 is 0 Å². The molecule has 3 heteroatoms. The third kappa shape index (κ3) is 4.75. The first-order valence-electron chi connectivity index (χ1n) is 10.9. The molecule has 0 rings (SSSR count). The summed E-state index contributed by atoms with van der Waals surface area (Å²) in [5.41, 5.74) is 0. The van der Waals surface area contributed by atoms with Crippen LogP contribution in [0, 0.1) is 0 Å². The SMILES string of the molecule is C[C](C)(C)[Sn]([O][Sn]([C](C)(C)C)([C](C)(C)C)[C](C)(C)C)([C](C)(C)C)[C](C)(C)C. The van der Waals surface area contributed by atoms with E-state index in [-0.39, 0.29) is 20.6 Å². The van der Waals surface area contributed by atoms with Crippen molar-refractivity contribution in [3.63, 3.8) is 0 Å². The molecular formula is C24H54OSn2. The van der Waals surface area contributed by atoms with E-state index in [9.17, 15) is 0 Å². The number of rotatable bonds is 2. The second-order valence-corrected chi connectivity index (χ2v) is 52.9. The van der Waals surface area contributed by atoms with Gasteiger partial charge in [0.1, 0.15) is 0 Å². The van der Waals surface area contributed by atoms with Gasteiger partial charge < -0.3 is 0 Å². The van der Waals surface area contributed by atoms with Gasteiger partial charge in [-0.3, -0.25) is 0 Å². The molecule has 0 N–H and O–H groups in total. The monoisotopic (exact) mass is 598 g/mol. The van der Waals surface area contributed by atoms with Crippen molar-refractivity contribution in [2.45, 2.75) is 145 Å². The first-order chi connectivity index (χ1) is 11.2. The Morgan fingerprint density at radius 3 is 0.481 bits per heavy atom. The van der Waals surface area contributed by atoms with Crippen molar-refractivity contribution >= 4 is 37.6 Å². The Bertz CT molecular complexity index is 385. The normalized spacial score (nSPS) is 16.7. The van der Waals surface area contributed by atoms with Crippen LogP contribution >= 0.6 is 0 Å². The summed E-state index contributed by atoms with van der Waals surface area (Å²) in [6, 6.07) is 0. The maximum absolute atomic E-state index is 8.23. The summed E-state index contributed by atoms with van der Waals surface area (Å²) in [4.78, 5) is 0. The topological polar surface area (TPSA) is 9.23 Å². The summed E-state index contributed by atoms with van der Waals surface area (Å²) < 4.78 is 9.62. The van der Waals surface area contributed by atoms with E-state index < -0.39 is 37.6 Å². The van der Waals surface area contributed by atoms with Crippen LogP contribution in [-0.4, -0.2) is 37.6 Å². The van der Waals surface area contributed by atoms with E-state index >= 15 is 0 Å². The van der Waals surface area contributed by atoms with Gasteiger partial charge in [-0.25, -0.2) is 0 Å². The van der Waals surface area contributed by atoms with Crippen molar-refractivity contribution < 1.29 is 1.41 Å². The summed E-state index contributed by atoms with van der Waals surface area (Å²) in [6.45, 7) is 44.8. The van der Waals surface area contributed by atoms with Crippen molar-refractivity contribution in [3.8, 4) is 0 Å². The summed E-state index contributed by atoms with van der Waals surface area (Å²) in [5, 5.41) is 0. The van der Waals surface area contributed by atoms with E-state index in [2.05, 4.69) is 125 Å². The summed E-state index contributed by atoms with van der Waals surface area (Å²) in [7, 11) is 0. The Morgan fingerprint density at radius 2 is 0.407 bits per heavy atom. The Morgan fingerprint density at radius 1 is 0.296 bits per heavy atom. The molecule has 1 nitrogen and oxygen atoms in total. The van der Waals surface area contributed by atoms with Gasteiger partial charge in [0.05, 0.1) is 0 Å². The van der Waals surface area contributed by atoms with Gasteiger partial charge in [-0.1, -0.05) is 0 Å². The first-order valence-corrected chi connectivity index (χ1v) is 21.8. The zero-order valence-corrected chi connectivity index (χ0v) is 28.1. The van der Waals surface area contributed by atoms with Crippen molar-refractivity contribution in [2.24, 2.45) is 0 Å². The van der Waals surface area contributed by atoms with Crippen LogP contribution in [0.15, 0.2) is 0 Å². The predicted molar refractivity (Wildman–Crippen MR) is 131 cm³/mol. The molecule has 0 radical (unpaired) electrons. The molecule has 0 aliphatic rings. The molecule has 0 amide bonds. The molecule has 164 valence electrons. The van der Waals surface area contributed by atoms with Crippen molar-refractivity contribution in [3.05, 3.63) is 0 Å². The van der Waals surface area contributed by atoms with Crippen molar-refractivity contribution in [2.75, 3.05) is 0 Å². The molecule has 0 aliphatic heterocycles. The van der Waals surface area contributed by atoms with Crippen molar-refractivity contribution in [1.82, 2.24) is 0 Å². The van der Waals surface area contributed by atoms with Gasteiger partial charge in [-0.05, 0) is 0 Å². The molecule has 27 heavy (non-hydrogen) atoms. The molecule has 0 spiro atoms. The predicted octanol–water partition coefficient (Wildman–Crippen LogP) is 9.69. The quantitative estimate of drug-likeness (QED) is 0.289.